The topological polar surface area (TPSA) is 21.3 Å². The van der Waals surface area contributed by atoms with Gasteiger partial charge >= 0.3 is 0 Å². The standard InChI is InChI=1S/C16H26ClNO/c1-5-6-7-18-8-9-19-16-10-13(4)15(17)11-14(16)12(2)3/h10-12,18H,5-9H2,1-4H3. The second kappa shape index (κ2) is 8.44. The summed E-state index contributed by atoms with van der Waals surface area (Å²) in [6.45, 7) is 11.2. The Balaban J connectivity index is 2.54. The summed E-state index contributed by atoms with van der Waals surface area (Å²) in [5.41, 5.74) is 2.25. The van der Waals surface area contributed by atoms with E-state index in [-0.39, 0.29) is 0 Å². The molecule has 0 spiro atoms. The molecule has 0 heterocycles. The third-order valence-electron chi connectivity index (χ3n) is 3.16. The van der Waals surface area contributed by atoms with E-state index in [1.807, 2.05) is 19.1 Å². The maximum atomic E-state index is 6.18. The largest absolute Gasteiger partial charge is 0.492 e. The molecule has 0 aromatic heterocycles. The zero-order chi connectivity index (χ0) is 14.3. The Morgan fingerprint density at radius 2 is 2.00 bits per heavy atom. The Kier molecular flexibility index (Phi) is 7.25. The first-order valence-corrected chi connectivity index (χ1v) is 7.57. The van der Waals surface area contributed by atoms with Crippen LogP contribution in [0, 0.1) is 6.92 Å². The fourth-order valence-electron chi connectivity index (χ4n) is 1.91. The molecule has 1 aromatic rings. The number of aryl methyl sites for hydroxylation is 1. The van der Waals surface area contributed by atoms with Gasteiger partial charge in [-0.2, -0.15) is 0 Å². The van der Waals surface area contributed by atoms with E-state index in [1.165, 1.54) is 18.4 Å². The van der Waals surface area contributed by atoms with Crippen LogP contribution in [0.3, 0.4) is 0 Å². The van der Waals surface area contributed by atoms with Crippen LogP contribution in [0.5, 0.6) is 5.75 Å². The first-order valence-electron chi connectivity index (χ1n) is 7.19. The number of rotatable bonds is 8. The van der Waals surface area contributed by atoms with Gasteiger partial charge < -0.3 is 10.1 Å². The zero-order valence-electron chi connectivity index (χ0n) is 12.6. The smallest absolute Gasteiger partial charge is 0.123 e. The van der Waals surface area contributed by atoms with Crippen LogP contribution < -0.4 is 10.1 Å². The van der Waals surface area contributed by atoms with Crippen molar-refractivity contribution >= 4 is 11.6 Å². The second-order valence-corrected chi connectivity index (χ2v) is 5.65. The van der Waals surface area contributed by atoms with Gasteiger partial charge in [0.15, 0.2) is 0 Å². The number of halogens is 1. The monoisotopic (exact) mass is 283 g/mol. The van der Waals surface area contributed by atoms with Crippen LogP contribution in [0.2, 0.25) is 5.02 Å². The molecule has 0 unspecified atom stereocenters. The van der Waals surface area contributed by atoms with Gasteiger partial charge in [-0.15, -0.1) is 0 Å². The maximum Gasteiger partial charge on any atom is 0.123 e. The first-order chi connectivity index (χ1) is 9.06. The van der Waals surface area contributed by atoms with Gasteiger partial charge in [-0.25, -0.2) is 0 Å². The van der Waals surface area contributed by atoms with Crippen LogP contribution in [-0.2, 0) is 0 Å². The van der Waals surface area contributed by atoms with Crippen molar-refractivity contribution in [1.29, 1.82) is 0 Å². The number of nitrogens with one attached hydrogen (secondary N) is 1. The molecule has 19 heavy (non-hydrogen) atoms. The molecule has 0 aliphatic carbocycles. The van der Waals surface area contributed by atoms with E-state index in [1.54, 1.807) is 0 Å². The minimum atomic E-state index is 0.418. The van der Waals surface area contributed by atoms with E-state index in [9.17, 15) is 0 Å². The van der Waals surface area contributed by atoms with E-state index in [0.29, 0.717) is 12.5 Å². The normalized spacial score (nSPS) is 11.1. The molecule has 1 rings (SSSR count). The van der Waals surface area contributed by atoms with Crippen molar-refractivity contribution in [3.8, 4) is 5.75 Å². The number of ether oxygens (including phenoxy) is 1. The van der Waals surface area contributed by atoms with E-state index < -0.39 is 0 Å². The van der Waals surface area contributed by atoms with Crippen LogP contribution >= 0.6 is 11.6 Å². The Morgan fingerprint density at radius 3 is 2.63 bits per heavy atom. The van der Waals surface area contributed by atoms with Gasteiger partial charge in [0.05, 0.1) is 0 Å². The Labute approximate surface area is 122 Å². The van der Waals surface area contributed by atoms with Gasteiger partial charge in [0.2, 0.25) is 0 Å². The molecule has 1 N–H and O–H groups in total. The molecule has 1 aromatic carbocycles. The highest BCUT2D eigenvalue weighted by Gasteiger charge is 2.10. The molecule has 0 aliphatic rings. The highest BCUT2D eigenvalue weighted by Crippen LogP contribution is 2.31. The summed E-state index contributed by atoms with van der Waals surface area (Å²) >= 11 is 6.18. The zero-order valence-corrected chi connectivity index (χ0v) is 13.3. The maximum absolute atomic E-state index is 6.18. The molecule has 3 heteroatoms. The molecule has 0 radical (unpaired) electrons. The summed E-state index contributed by atoms with van der Waals surface area (Å²) in [6.07, 6.45) is 2.44. The summed E-state index contributed by atoms with van der Waals surface area (Å²) in [4.78, 5) is 0. The minimum absolute atomic E-state index is 0.418. The third-order valence-corrected chi connectivity index (χ3v) is 3.56. The van der Waals surface area contributed by atoms with E-state index in [4.69, 9.17) is 16.3 Å². The molecule has 0 saturated carbocycles. The summed E-state index contributed by atoms with van der Waals surface area (Å²) < 4.78 is 5.89. The van der Waals surface area contributed by atoms with Crippen molar-refractivity contribution in [2.75, 3.05) is 19.7 Å². The predicted molar refractivity (Wildman–Crippen MR) is 83.6 cm³/mol. The molecule has 0 fully saturated rings. The van der Waals surface area contributed by atoms with Crippen molar-refractivity contribution in [3.05, 3.63) is 28.3 Å². The Bertz CT molecular complexity index is 391. The summed E-state index contributed by atoms with van der Waals surface area (Å²) in [7, 11) is 0. The molecule has 108 valence electrons. The van der Waals surface area contributed by atoms with Gasteiger partial charge in [0.25, 0.3) is 0 Å². The molecule has 2 nitrogen and oxygen atoms in total. The van der Waals surface area contributed by atoms with Crippen LogP contribution in [0.15, 0.2) is 12.1 Å². The molecule has 0 amide bonds. The lowest BCUT2D eigenvalue weighted by molar-refractivity contribution is 0.309. The first kappa shape index (κ1) is 16.3. The van der Waals surface area contributed by atoms with E-state index in [2.05, 4.69) is 26.1 Å². The third kappa shape index (κ3) is 5.42. The van der Waals surface area contributed by atoms with Gasteiger partial charge in [-0.1, -0.05) is 38.8 Å². The fraction of sp³-hybridized carbons (Fsp3) is 0.625. The second-order valence-electron chi connectivity index (χ2n) is 5.25. The number of benzene rings is 1. The highest BCUT2D eigenvalue weighted by atomic mass is 35.5. The molecule has 0 bridgehead atoms. The fourth-order valence-corrected chi connectivity index (χ4v) is 2.08. The Morgan fingerprint density at radius 1 is 1.26 bits per heavy atom. The lowest BCUT2D eigenvalue weighted by Gasteiger charge is -2.16. The van der Waals surface area contributed by atoms with Gasteiger partial charge in [0, 0.05) is 11.6 Å². The predicted octanol–water partition coefficient (Wildman–Crippen LogP) is 4.54. The molecule has 0 atom stereocenters. The molecular weight excluding hydrogens is 258 g/mol. The summed E-state index contributed by atoms with van der Waals surface area (Å²) in [6, 6.07) is 4.07. The van der Waals surface area contributed by atoms with Crippen molar-refractivity contribution in [2.45, 2.75) is 46.5 Å². The summed E-state index contributed by atoms with van der Waals surface area (Å²) in [5, 5.41) is 4.20. The van der Waals surface area contributed by atoms with Crippen molar-refractivity contribution < 1.29 is 4.74 Å². The van der Waals surface area contributed by atoms with Gasteiger partial charge in [0.1, 0.15) is 12.4 Å². The minimum Gasteiger partial charge on any atom is -0.492 e. The Hall–Kier alpha value is -0.730. The lowest BCUT2D eigenvalue weighted by atomic mass is 10.0. The molecular formula is C16H26ClNO. The van der Waals surface area contributed by atoms with Crippen LogP contribution in [0.25, 0.3) is 0 Å². The lowest BCUT2D eigenvalue weighted by Crippen LogP contribution is -2.22. The number of unbranched alkanes of at least 4 members (excludes halogenated alkanes) is 1. The highest BCUT2D eigenvalue weighted by molar-refractivity contribution is 6.31. The number of hydrogen-bond acceptors (Lipinski definition) is 2. The van der Waals surface area contributed by atoms with Crippen molar-refractivity contribution in [3.63, 3.8) is 0 Å². The molecule has 0 saturated heterocycles. The van der Waals surface area contributed by atoms with Gasteiger partial charge in [-0.3, -0.25) is 0 Å². The van der Waals surface area contributed by atoms with Crippen molar-refractivity contribution in [1.82, 2.24) is 5.32 Å². The average Bonchev–Trinajstić information content (AvgIpc) is 2.37. The van der Waals surface area contributed by atoms with E-state index >= 15 is 0 Å². The van der Waals surface area contributed by atoms with Crippen LogP contribution in [0.1, 0.15) is 50.7 Å². The SMILES string of the molecule is CCCCNCCOc1cc(C)c(Cl)cc1C(C)C. The van der Waals surface area contributed by atoms with Crippen molar-refractivity contribution in [2.24, 2.45) is 0 Å². The summed E-state index contributed by atoms with van der Waals surface area (Å²) in [5.74, 6) is 1.38. The van der Waals surface area contributed by atoms with E-state index in [0.717, 1.165) is 29.4 Å². The van der Waals surface area contributed by atoms with Crippen LogP contribution in [-0.4, -0.2) is 19.7 Å². The average molecular weight is 284 g/mol. The van der Waals surface area contributed by atoms with Crippen LogP contribution in [0.4, 0.5) is 0 Å². The molecule has 0 aliphatic heterocycles. The number of hydrogen-bond donors (Lipinski definition) is 1. The quantitative estimate of drug-likeness (QED) is 0.707. The van der Waals surface area contributed by atoms with Gasteiger partial charge in [-0.05, 0) is 49.1 Å².